The number of hydrogen-bond acceptors (Lipinski definition) is 5. The maximum Gasteiger partial charge on any atom is 0.422 e. The molecular weight excluding hydrogens is 272 g/mol. The van der Waals surface area contributed by atoms with Crippen LogP contribution in [-0.2, 0) is 14.9 Å². The molecule has 0 aliphatic rings. The Morgan fingerprint density at radius 3 is 2.58 bits per heavy atom. The lowest BCUT2D eigenvalue weighted by molar-refractivity contribution is 0.121. The Morgan fingerprint density at radius 2 is 2.00 bits per heavy atom. The van der Waals surface area contributed by atoms with Crippen molar-refractivity contribution in [2.24, 2.45) is 0 Å². The third-order valence-electron chi connectivity index (χ3n) is 1.96. The molecule has 7 nitrogen and oxygen atoms in total. The van der Waals surface area contributed by atoms with Gasteiger partial charge in [0, 0.05) is 0 Å². The fourth-order valence-corrected chi connectivity index (χ4v) is 2.02. The first-order valence-electron chi connectivity index (χ1n) is 5.50. The number of amides is 1. The first-order valence-corrected chi connectivity index (χ1v) is 6.99. The van der Waals surface area contributed by atoms with Crippen LogP contribution in [0.2, 0.25) is 0 Å². The van der Waals surface area contributed by atoms with Gasteiger partial charge in [-0.15, -0.1) is 0 Å². The third-order valence-corrected chi connectivity index (χ3v) is 2.88. The average Bonchev–Trinajstić information content (AvgIpc) is 2.20. The number of carbonyl (C=O) groups excluding carboxylic acids is 1. The van der Waals surface area contributed by atoms with E-state index >= 15 is 0 Å². The molecule has 0 unspecified atom stereocenters. The molecule has 0 aromatic heterocycles. The van der Waals surface area contributed by atoms with Crippen LogP contribution in [-0.4, -0.2) is 25.7 Å². The van der Waals surface area contributed by atoms with Gasteiger partial charge < -0.3 is 9.84 Å². The number of aryl methyl sites for hydroxylation is 1. The molecule has 0 heterocycles. The number of phenolic OH excluding ortho intramolecular Hbond substituents is 1. The first-order chi connectivity index (χ1) is 8.69. The molecule has 1 aromatic rings. The van der Waals surface area contributed by atoms with Crippen LogP contribution in [0.5, 0.6) is 5.75 Å². The van der Waals surface area contributed by atoms with Gasteiger partial charge in [-0.1, -0.05) is 6.07 Å². The van der Waals surface area contributed by atoms with Crippen molar-refractivity contribution in [3.05, 3.63) is 23.8 Å². The molecular formula is C11H16N2O5S. The second-order valence-electron chi connectivity index (χ2n) is 4.18. The molecule has 1 aromatic carbocycles. The van der Waals surface area contributed by atoms with E-state index < -0.39 is 22.4 Å². The molecule has 1 amide bonds. The lowest BCUT2D eigenvalue weighted by Gasteiger charge is -2.12. The van der Waals surface area contributed by atoms with Gasteiger partial charge in [-0.25, -0.2) is 9.52 Å². The minimum atomic E-state index is -4.15. The quantitative estimate of drug-likeness (QED) is 0.728. The van der Waals surface area contributed by atoms with Crippen molar-refractivity contribution in [1.82, 2.24) is 4.72 Å². The lowest BCUT2D eigenvalue weighted by atomic mass is 10.2. The van der Waals surface area contributed by atoms with E-state index in [1.807, 2.05) is 4.72 Å². The second-order valence-corrected chi connectivity index (χ2v) is 5.60. The number of phenols is 1. The van der Waals surface area contributed by atoms with Crippen molar-refractivity contribution in [3.8, 4) is 5.75 Å². The Hall–Kier alpha value is -1.96. The zero-order valence-corrected chi connectivity index (χ0v) is 11.6. The van der Waals surface area contributed by atoms with Crippen LogP contribution in [0.4, 0.5) is 10.5 Å². The number of nitrogens with one attached hydrogen (secondary N) is 2. The van der Waals surface area contributed by atoms with Crippen molar-refractivity contribution in [2.75, 3.05) is 4.72 Å². The standard InChI is InChI=1S/C11H16N2O5S/c1-7(2)18-11(15)13-19(16,17)12-9-6-8(3)4-5-10(9)14/h4-7,12,14H,1-3H3,(H,13,15). The molecule has 0 aliphatic carbocycles. The van der Waals surface area contributed by atoms with E-state index in [4.69, 9.17) is 0 Å². The van der Waals surface area contributed by atoms with Crippen LogP contribution in [0.3, 0.4) is 0 Å². The molecule has 0 aliphatic heterocycles. The summed E-state index contributed by atoms with van der Waals surface area (Å²) in [4.78, 5) is 11.2. The zero-order valence-electron chi connectivity index (χ0n) is 10.8. The smallest absolute Gasteiger partial charge is 0.422 e. The fraction of sp³-hybridized carbons (Fsp3) is 0.364. The maximum atomic E-state index is 11.6. The molecule has 0 saturated heterocycles. The predicted octanol–water partition coefficient (Wildman–Crippen LogP) is 1.49. The highest BCUT2D eigenvalue weighted by molar-refractivity contribution is 7.91. The van der Waals surface area contributed by atoms with Gasteiger partial charge in [-0.2, -0.15) is 8.42 Å². The second kappa shape index (κ2) is 5.79. The van der Waals surface area contributed by atoms with Gasteiger partial charge in [0.1, 0.15) is 5.75 Å². The zero-order chi connectivity index (χ0) is 14.6. The van der Waals surface area contributed by atoms with Gasteiger partial charge in [0.2, 0.25) is 0 Å². The predicted molar refractivity (Wildman–Crippen MR) is 70.1 cm³/mol. The minimum absolute atomic E-state index is 0.0233. The summed E-state index contributed by atoms with van der Waals surface area (Å²) in [5.41, 5.74) is 0.727. The Balaban J connectivity index is 2.80. The minimum Gasteiger partial charge on any atom is -0.506 e. The number of hydrogen-bond donors (Lipinski definition) is 3. The molecule has 3 N–H and O–H groups in total. The molecule has 0 radical (unpaired) electrons. The summed E-state index contributed by atoms with van der Waals surface area (Å²) in [5, 5.41) is 9.51. The van der Waals surface area contributed by atoms with Crippen molar-refractivity contribution < 1.29 is 23.1 Å². The monoisotopic (exact) mass is 288 g/mol. The summed E-state index contributed by atoms with van der Waals surface area (Å²) in [5.74, 6) is -0.242. The first kappa shape index (κ1) is 15.1. The maximum absolute atomic E-state index is 11.6. The van der Waals surface area contributed by atoms with E-state index in [1.54, 1.807) is 31.6 Å². The molecule has 106 valence electrons. The largest absolute Gasteiger partial charge is 0.506 e. The summed E-state index contributed by atoms with van der Waals surface area (Å²) in [6.45, 7) is 4.91. The van der Waals surface area contributed by atoms with E-state index in [0.29, 0.717) is 0 Å². The van der Waals surface area contributed by atoms with E-state index in [0.717, 1.165) is 5.56 Å². The van der Waals surface area contributed by atoms with Crippen molar-refractivity contribution in [2.45, 2.75) is 26.9 Å². The van der Waals surface area contributed by atoms with Crippen molar-refractivity contribution in [3.63, 3.8) is 0 Å². The molecule has 0 spiro atoms. The number of anilines is 1. The van der Waals surface area contributed by atoms with Gasteiger partial charge in [0.05, 0.1) is 11.8 Å². The van der Waals surface area contributed by atoms with Crippen LogP contribution >= 0.6 is 0 Å². The van der Waals surface area contributed by atoms with Crippen LogP contribution in [0.1, 0.15) is 19.4 Å². The van der Waals surface area contributed by atoms with Crippen LogP contribution in [0.15, 0.2) is 18.2 Å². The number of ether oxygens (including phenoxy) is 1. The summed E-state index contributed by atoms with van der Waals surface area (Å²) in [7, 11) is -4.15. The highest BCUT2D eigenvalue weighted by Gasteiger charge is 2.17. The molecule has 8 heteroatoms. The SMILES string of the molecule is Cc1ccc(O)c(NS(=O)(=O)NC(=O)OC(C)C)c1. The van der Waals surface area contributed by atoms with E-state index in [1.165, 1.54) is 12.1 Å². The van der Waals surface area contributed by atoms with Crippen LogP contribution in [0, 0.1) is 6.92 Å². The van der Waals surface area contributed by atoms with Gasteiger partial charge >= 0.3 is 16.3 Å². The van der Waals surface area contributed by atoms with Gasteiger partial charge in [-0.05, 0) is 38.5 Å². The normalized spacial score (nSPS) is 11.2. The Morgan fingerprint density at radius 1 is 1.37 bits per heavy atom. The number of benzene rings is 1. The summed E-state index contributed by atoms with van der Waals surface area (Å²) < 4.78 is 31.6. The summed E-state index contributed by atoms with van der Waals surface area (Å²) in [6.07, 6.45) is -1.53. The van der Waals surface area contributed by atoms with E-state index in [2.05, 4.69) is 4.74 Å². The molecule has 0 bridgehead atoms. The number of carbonyl (C=O) groups is 1. The highest BCUT2D eigenvalue weighted by Crippen LogP contribution is 2.24. The topological polar surface area (TPSA) is 105 Å². The Bertz CT molecular complexity index is 568. The van der Waals surface area contributed by atoms with Crippen molar-refractivity contribution >= 4 is 22.0 Å². The molecule has 0 fully saturated rings. The van der Waals surface area contributed by atoms with Gasteiger partial charge in [0.15, 0.2) is 0 Å². The van der Waals surface area contributed by atoms with E-state index in [-0.39, 0.29) is 11.4 Å². The molecule has 1 rings (SSSR count). The average molecular weight is 288 g/mol. The highest BCUT2D eigenvalue weighted by atomic mass is 32.2. The van der Waals surface area contributed by atoms with Crippen LogP contribution in [0.25, 0.3) is 0 Å². The van der Waals surface area contributed by atoms with Crippen LogP contribution < -0.4 is 9.44 Å². The summed E-state index contributed by atoms with van der Waals surface area (Å²) >= 11 is 0. The van der Waals surface area contributed by atoms with Gasteiger partial charge in [-0.3, -0.25) is 4.72 Å². The third kappa shape index (κ3) is 5.04. The Kier molecular flexibility index (Phi) is 4.60. The number of aromatic hydroxyl groups is 1. The molecule has 0 saturated carbocycles. The summed E-state index contributed by atoms with van der Waals surface area (Å²) in [6, 6.07) is 4.40. The number of rotatable bonds is 4. The lowest BCUT2D eigenvalue weighted by Crippen LogP contribution is -2.36. The Labute approximate surface area is 111 Å². The van der Waals surface area contributed by atoms with Crippen molar-refractivity contribution in [1.29, 1.82) is 0 Å². The van der Waals surface area contributed by atoms with E-state index in [9.17, 15) is 18.3 Å². The fourth-order valence-electron chi connectivity index (χ4n) is 1.25. The van der Waals surface area contributed by atoms with Gasteiger partial charge in [0.25, 0.3) is 0 Å². The molecule has 0 atom stereocenters. The molecule has 19 heavy (non-hydrogen) atoms.